The summed E-state index contributed by atoms with van der Waals surface area (Å²) in [5.74, 6) is -0.718. The molecule has 1 N–H and O–H groups in total. The number of aliphatic carboxylic acids is 1. The molecule has 17 heavy (non-hydrogen) atoms. The first-order chi connectivity index (χ1) is 8.18. The predicted octanol–water partition coefficient (Wildman–Crippen LogP) is 2.48. The van der Waals surface area contributed by atoms with Crippen LogP contribution in [-0.2, 0) is 17.6 Å². The minimum Gasteiger partial charge on any atom is -0.481 e. The Labute approximate surface area is 102 Å². The van der Waals surface area contributed by atoms with Crippen molar-refractivity contribution < 1.29 is 9.90 Å². The third-order valence-corrected chi connectivity index (χ3v) is 3.44. The topological polar surface area (TPSA) is 40.5 Å². The fourth-order valence-electron chi connectivity index (χ4n) is 2.51. The zero-order chi connectivity index (χ0) is 12.3. The molecule has 1 heterocycles. The van der Waals surface area contributed by atoms with E-state index >= 15 is 0 Å². The second kappa shape index (κ2) is 5.21. The van der Waals surface area contributed by atoms with Crippen molar-refractivity contribution in [2.45, 2.75) is 32.1 Å². The largest absolute Gasteiger partial charge is 0.481 e. The van der Waals surface area contributed by atoms with E-state index in [0.717, 1.165) is 13.0 Å². The maximum atomic E-state index is 10.7. The SMILES string of the molecule is CN1CCCCc2c(CCC(=O)O)cccc21. The lowest BCUT2D eigenvalue weighted by Gasteiger charge is -2.21. The Bertz CT molecular complexity index is 415. The van der Waals surface area contributed by atoms with E-state index in [-0.39, 0.29) is 6.42 Å². The van der Waals surface area contributed by atoms with Crippen molar-refractivity contribution in [1.82, 2.24) is 0 Å². The predicted molar refractivity (Wildman–Crippen MR) is 68.6 cm³/mol. The molecule has 0 bridgehead atoms. The van der Waals surface area contributed by atoms with Crippen LogP contribution in [0.3, 0.4) is 0 Å². The standard InChI is InChI=1S/C14H19NO2/c1-15-10-3-2-6-12-11(8-9-14(16)17)5-4-7-13(12)15/h4-5,7H,2-3,6,8-10H2,1H3,(H,16,17). The molecule has 92 valence electrons. The van der Waals surface area contributed by atoms with E-state index in [1.54, 1.807) is 0 Å². The van der Waals surface area contributed by atoms with Gasteiger partial charge in [0, 0.05) is 25.7 Å². The summed E-state index contributed by atoms with van der Waals surface area (Å²) in [5.41, 5.74) is 3.85. The van der Waals surface area contributed by atoms with Crippen molar-refractivity contribution in [3.8, 4) is 0 Å². The molecular weight excluding hydrogens is 214 g/mol. The molecule has 0 radical (unpaired) electrons. The summed E-state index contributed by atoms with van der Waals surface area (Å²) < 4.78 is 0. The van der Waals surface area contributed by atoms with Crippen LogP contribution in [0.2, 0.25) is 0 Å². The lowest BCUT2D eigenvalue weighted by molar-refractivity contribution is -0.136. The maximum absolute atomic E-state index is 10.7. The van der Waals surface area contributed by atoms with Gasteiger partial charge in [0.25, 0.3) is 0 Å². The van der Waals surface area contributed by atoms with Gasteiger partial charge in [-0.1, -0.05) is 12.1 Å². The average Bonchev–Trinajstić information content (AvgIpc) is 2.49. The number of carboxylic acids is 1. The lowest BCUT2D eigenvalue weighted by Crippen LogP contribution is -2.18. The molecule has 0 atom stereocenters. The molecule has 0 amide bonds. The van der Waals surface area contributed by atoms with E-state index in [0.29, 0.717) is 6.42 Å². The van der Waals surface area contributed by atoms with Crippen LogP contribution in [0.15, 0.2) is 18.2 Å². The van der Waals surface area contributed by atoms with Crippen LogP contribution in [-0.4, -0.2) is 24.7 Å². The Kier molecular flexibility index (Phi) is 3.67. The third-order valence-electron chi connectivity index (χ3n) is 3.44. The van der Waals surface area contributed by atoms with E-state index in [1.165, 1.54) is 29.7 Å². The van der Waals surface area contributed by atoms with Gasteiger partial charge < -0.3 is 10.0 Å². The summed E-state index contributed by atoms with van der Waals surface area (Å²) in [4.78, 5) is 12.9. The second-order valence-electron chi connectivity index (χ2n) is 4.69. The van der Waals surface area contributed by atoms with Crippen LogP contribution in [0.5, 0.6) is 0 Å². The highest BCUT2D eigenvalue weighted by Gasteiger charge is 2.15. The highest BCUT2D eigenvalue weighted by atomic mass is 16.4. The van der Waals surface area contributed by atoms with E-state index < -0.39 is 5.97 Å². The number of aryl methyl sites for hydroxylation is 1. The Morgan fingerprint density at radius 2 is 2.24 bits per heavy atom. The monoisotopic (exact) mass is 233 g/mol. The molecule has 0 unspecified atom stereocenters. The molecule has 1 aliphatic rings. The van der Waals surface area contributed by atoms with Crippen molar-refractivity contribution in [2.24, 2.45) is 0 Å². The fraction of sp³-hybridized carbons (Fsp3) is 0.500. The Balaban J connectivity index is 2.27. The summed E-state index contributed by atoms with van der Waals surface area (Å²) in [5, 5.41) is 8.78. The van der Waals surface area contributed by atoms with Crippen LogP contribution < -0.4 is 4.90 Å². The summed E-state index contributed by atoms with van der Waals surface area (Å²) >= 11 is 0. The molecule has 0 aliphatic carbocycles. The van der Waals surface area contributed by atoms with Gasteiger partial charge in [0.15, 0.2) is 0 Å². The number of anilines is 1. The highest BCUT2D eigenvalue weighted by Crippen LogP contribution is 2.28. The number of nitrogens with zero attached hydrogens (tertiary/aromatic N) is 1. The molecular formula is C14H19NO2. The van der Waals surface area contributed by atoms with Crippen molar-refractivity contribution in [2.75, 3.05) is 18.5 Å². The van der Waals surface area contributed by atoms with Crippen LogP contribution >= 0.6 is 0 Å². The molecule has 1 aromatic carbocycles. The highest BCUT2D eigenvalue weighted by molar-refractivity contribution is 5.67. The fourth-order valence-corrected chi connectivity index (χ4v) is 2.51. The van der Waals surface area contributed by atoms with E-state index in [4.69, 9.17) is 5.11 Å². The van der Waals surface area contributed by atoms with Gasteiger partial charge in [-0.3, -0.25) is 4.79 Å². The Morgan fingerprint density at radius 3 is 3.00 bits per heavy atom. The average molecular weight is 233 g/mol. The molecule has 3 nitrogen and oxygen atoms in total. The summed E-state index contributed by atoms with van der Waals surface area (Å²) in [6.45, 7) is 1.09. The number of carbonyl (C=O) groups is 1. The molecule has 0 saturated carbocycles. The third kappa shape index (κ3) is 2.78. The zero-order valence-electron chi connectivity index (χ0n) is 10.3. The lowest BCUT2D eigenvalue weighted by atomic mass is 9.97. The van der Waals surface area contributed by atoms with Crippen molar-refractivity contribution in [3.05, 3.63) is 29.3 Å². The first kappa shape index (κ1) is 12.0. The summed E-state index contributed by atoms with van der Waals surface area (Å²) in [6.07, 6.45) is 4.35. The minimum absolute atomic E-state index is 0.222. The smallest absolute Gasteiger partial charge is 0.303 e. The van der Waals surface area contributed by atoms with Gasteiger partial charge in [0.2, 0.25) is 0 Å². The molecule has 0 spiro atoms. The van der Waals surface area contributed by atoms with Crippen LogP contribution in [0, 0.1) is 0 Å². The normalized spacial score (nSPS) is 15.2. The van der Waals surface area contributed by atoms with Gasteiger partial charge in [-0.25, -0.2) is 0 Å². The number of fused-ring (bicyclic) bond motifs is 1. The number of rotatable bonds is 3. The maximum Gasteiger partial charge on any atom is 0.303 e. The number of hydrogen-bond donors (Lipinski definition) is 1. The van der Waals surface area contributed by atoms with Gasteiger partial charge in [0.05, 0.1) is 0 Å². The number of benzene rings is 1. The van der Waals surface area contributed by atoms with Crippen LogP contribution in [0.1, 0.15) is 30.4 Å². The molecule has 3 heteroatoms. The van der Waals surface area contributed by atoms with E-state index in [2.05, 4.69) is 24.1 Å². The van der Waals surface area contributed by atoms with Gasteiger partial charge in [-0.2, -0.15) is 0 Å². The van der Waals surface area contributed by atoms with Gasteiger partial charge in [-0.15, -0.1) is 0 Å². The summed E-state index contributed by atoms with van der Waals surface area (Å²) in [7, 11) is 2.12. The van der Waals surface area contributed by atoms with Crippen molar-refractivity contribution in [1.29, 1.82) is 0 Å². The minimum atomic E-state index is -0.718. The van der Waals surface area contributed by atoms with Crippen LogP contribution in [0.4, 0.5) is 5.69 Å². The van der Waals surface area contributed by atoms with Crippen LogP contribution in [0.25, 0.3) is 0 Å². The molecule has 0 aromatic heterocycles. The zero-order valence-corrected chi connectivity index (χ0v) is 10.3. The Morgan fingerprint density at radius 1 is 1.41 bits per heavy atom. The molecule has 1 aliphatic heterocycles. The number of hydrogen-bond acceptors (Lipinski definition) is 2. The first-order valence-electron chi connectivity index (χ1n) is 6.22. The second-order valence-corrected chi connectivity index (χ2v) is 4.69. The Hall–Kier alpha value is -1.51. The molecule has 1 aromatic rings. The first-order valence-corrected chi connectivity index (χ1v) is 6.22. The van der Waals surface area contributed by atoms with E-state index in [9.17, 15) is 4.79 Å². The van der Waals surface area contributed by atoms with Gasteiger partial charge >= 0.3 is 5.97 Å². The summed E-state index contributed by atoms with van der Waals surface area (Å²) in [6, 6.07) is 6.25. The quantitative estimate of drug-likeness (QED) is 0.872. The number of carboxylic acid groups (broad SMARTS) is 1. The van der Waals surface area contributed by atoms with Gasteiger partial charge in [-0.05, 0) is 42.9 Å². The molecule has 0 fully saturated rings. The van der Waals surface area contributed by atoms with Crippen molar-refractivity contribution >= 4 is 11.7 Å². The van der Waals surface area contributed by atoms with Gasteiger partial charge in [0.1, 0.15) is 0 Å². The van der Waals surface area contributed by atoms with Crippen molar-refractivity contribution in [3.63, 3.8) is 0 Å². The van der Waals surface area contributed by atoms with E-state index in [1.807, 2.05) is 6.07 Å². The molecule has 2 rings (SSSR count). The molecule has 0 saturated heterocycles.